The van der Waals surface area contributed by atoms with Crippen molar-refractivity contribution in [3.8, 4) is 5.75 Å². The van der Waals surface area contributed by atoms with Gasteiger partial charge >= 0.3 is 0 Å². The molecule has 1 fully saturated rings. The van der Waals surface area contributed by atoms with Crippen molar-refractivity contribution in [2.45, 2.75) is 51.2 Å². The van der Waals surface area contributed by atoms with Gasteiger partial charge in [0.1, 0.15) is 5.75 Å². The third-order valence-electron chi connectivity index (χ3n) is 4.50. The van der Waals surface area contributed by atoms with E-state index in [9.17, 15) is 5.11 Å². The molecule has 21 heavy (non-hydrogen) atoms. The molecular formula is C17H23N3O. The standard InChI is InChI=1S/C17H23N3O/c1-12-6-7-17(21)14(10-12)13(2)19-15-4-3-5-16(15)20-9-8-18-11-20/h6-11,13,15-16,19,21H,3-5H2,1-2H3. The maximum absolute atomic E-state index is 10.1. The van der Waals surface area contributed by atoms with Crippen LogP contribution in [0.15, 0.2) is 36.9 Å². The molecule has 1 aromatic carbocycles. The molecule has 0 radical (unpaired) electrons. The summed E-state index contributed by atoms with van der Waals surface area (Å²) in [5.74, 6) is 0.373. The van der Waals surface area contributed by atoms with E-state index in [1.54, 1.807) is 6.07 Å². The molecule has 2 N–H and O–H groups in total. The van der Waals surface area contributed by atoms with Crippen molar-refractivity contribution in [1.29, 1.82) is 0 Å². The highest BCUT2D eigenvalue weighted by Crippen LogP contribution is 2.33. The predicted octanol–water partition coefficient (Wildman–Crippen LogP) is 3.34. The van der Waals surface area contributed by atoms with E-state index in [2.05, 4.69) is 34.8 Å². The van der Waals surface area contributed by atoms with Crippen LogP contribution in [-0.4, -0.2) is 20.7 Å². The van der Waals surface area contributed by atoms with Crippen molar-refractivity contribution in [2.75, 3.05) is 0 Å². The molecule has 0 amide bonds. The highest BCUT2D eigenvalue weighted by molar-refractivity contribution is 5.37. The number of nitrogens with zero attached hydrogens (tertiary/aromatic N) is 2. The van der Waals surface area contributed by atoms with Crippen LogP contribution in [0.1, 0.15) is 49.4 Å². The van der Waals surface area contributed by atoms with Gasteiger partial charge in [-0.25, -0.2) is 4.98 Å². The van der Waals surface area contributed by atoms with Crippen LogP contribution in [0.5, 0.6) is 5.75 Å². The topological polar surface area (TPSA) is 50.1 Å². The number of hydrogen-bond donors (Lipinski definition) is 2. The Hall–Kier alpha value is -1.81. The quantitative estimate of drug-likeness (QED) is 0.906. The summed E-state index contributed by atoms with van der Waals surface area (Å²) in [6, 6.07) is 6.81. The van der Waals surface area contributed by atoms with Gasteiger partial charge in [-0.3, -0.25) is 0 Å². The average molecular weight is 285 g/mol. The molecule has 1 saturated carbocycles. The summed E-state index contributed by atoms with van der Waals surface area (Å²) in [5, 5.41) is 13.8. The number of aromatic hydroxyl groups is 1. The first-order valence-electron chi connectivity index (χ1n) is 7.68. The molecule has 4 nitrogen and oxygen atoms in total. The van der Waals surface area contributed by atoms with Gasteiger partial charge in [0.25, 0.3) is 0 Å². The second-order valence-corrected chi connectivity index (χ2v) is 6.07. The predicted molar refractivity (Wildman–Crippen MR) is 83.3 cm³/mol. The van der Waals surface area contributed by atoms with Crippen LogP contribution < -0.4 is 5.32 Å². The molecule has 1 aliphatic carbocycles. The van der Waals surface area contributed by atoms with Gasteiger partial charge in [-0.15, -0.1) is 0 Å². The maximum atomic E-state index is 10.1. The third kappa shape index (κ3) is 2.95. The van der Waals surface area contributed by atoms with Crippen molar-refractivity contribution in [3.05, 3.63) is 48.0 Å². The van der Waals surface area contributed by atoms with Crippen molar-refractivity contribution in [3.63, 3.8) is 0 Å². The van der Waals surface area contributed by atoms with Gasteiger partial charge in [0.2, 0.25) is 0 Å². The molecule has 3 unspecified atom stereocenters. The van der Waals surface area contributed by atoms with Crippen LogP contribution in [0.25, 0.3) is 0 Å². The number of nitrogens with one attached hydrogen (secondary N) is 1. The molecule has 0 spiro atoms. The van der Waals surface area contributed by atoms with Gasteiger partial charge in [0.15, 0.2) is 0 Å². The van der Waals surface area contributed by atoms with Gasteiger partial charge in [-0.2, -0.15) is 0 Å². The fourth-order valence-electron chi connectivity index (χ4n) is 3.39. The molecule has 2 aromatic rings. The Morgan fingerprint density at radius 1 is 1.38 bits per heavy atom. The molecule has 112 valence electrons. The Bertz CT molecular complexity index is 594. The Morgan fingerprint density at radius 3 is 3.00 bits per heavy atom. The smallest absolute Gasteiger partial charge is 0.120 e. The first-order chi connectivity index (χ1) is 10.1. The zero-order valence-corrected chi connectivity index (χ0v) is 12.7. The highest BCUT2D eigenvalue weighted by atomic mass is 16.3. The van der Waals surface area contributed by atoms with E-state index in [1.165, 1.54) is 24.8 Å². The largest absolute Gasteiger partial charge is 0.508 e. The van der Waals surface area contributed by atoms with Gasteiger partial charge in [-0.05, 0) is 39.2 Å². The van der Waals surface area contributed by atoms with Crippen LogP contribution in [0.4, 0.5) is 0 Å². The average Bonchev–Trinajstić information content (AvgIpc) is 3.11. The molecule has 1 aromatic heterocycles. The van der Waals surface area contributed by atoms with Crippen molar-refractivity contribution < 1.29 is 5.11 Å². The summed E-state index contributed by atoms with van der Waals surface area (Å²) < 4.78 is 2.20. The zero-order valence-electron chi connectivity index (χ0n) is 12.7. The Labute approximate surface area is 125 Å². The van der Waals surface area contributed by atoms with E-state index in [1.807, 2.05) is 24.8 Å². The van der Waals surface area contributed by atoms with E-state index in [0.29, 0.717) is 17.8 Å². The maximum Gasteiger partial charge on any atom is 0.120 e. The van der Waals surface area contributed by atoms with Gasteiger partial charge < -0.3 is 15.0 Å². The number of benzene rings is 1. The van der Waals surface area contributed by atoms with E-state index < -0.39 is 0 Å². The van der Waals surface area contributed by atoms with Gasteiger partial charge in [0, 0.05) is 36.1 Å². The number of phenolic OH excluding ortho intramolecular Hbond substituents is 1. The lowest BCUT2D eigenvalue weighted by molar-refractivity contribution is 0.356. The number of phenols is 1. The lowest BCUT2D eigenvalue weighted by Crippen LogP contribution is -2.35. The van der Waals surface area contributed by atoms with Gasteiger partial charge in [-0.1, -0.05) is 17.7 Å². The summed E-state index contributed by atoms with van der Waals surface area (Å²) in [6.45, 7) is 4.18. The van der Waals surface area contributed by atoms with Crippen molar-refractivity contribution in [1.82, 2.24) is 14.9 Å². The first-order valence-corrected chi connectivity index (χ1v) is 7.68. The highest BCUT2D eigenvalue weighted by Gasteiger charge is 2.29. The Balaban J connectivity index is 1.74. The van der Waals surface area contributed by atoms with E-state index in [-0.39, 0.29) is 6.04 Å². The molecule has 0 bridgehead atoms. The number of hydrogen-bond acceptors (Lipinski definition) is 3. The molecule has 3 atom stereocenters. The number of aromatic nitrogens is 2. The molecule has 4 heteroatoms. The monoisotopic (exact) mass is 285 g/mol. The van der Waals surface area contributed by atoms with Crippen molar-refractivity contribution >= 4 is 0 Å². The summed E-state index contributed by atoms with van der Waals surface area (Å²) in [4.78, 5) is 4.16. The number of imidazole rings is 1. The Kier molecular flexibility index (Phi) is 3.97. The van der Waals surface area contributed by atoms with Crippen LogP contribution >= 0.6 is 0 Å². The van der Waals surface area contributed by atoms with Crippen molar-refractivity contribution in [2.24, 2.45) is 0 Å². The minimum Gasteiger partial charge on any atom is -0.508 e. The molecule has 0 aliphatic heterocycles. The summed E-state index contributed by atoms with van der Waals surface area (Å²) in [5.41, 5.74) is 2.15. The molecular weight excluding hydrogens is 262 g/mol. The summed E-state index contributed by atoms with van der Waals surface area (Å²) >= 11 is 0. The fourth-order valence-corrected chi connectivity index (χ4v) is 3.39. The number of aryl methyl sites for hydroxylation is 1. The van der Waals surface area contributed by atoms with Gasteiger partial charge in [0.05, 0.1) is 6.33 Å². The minimum atomic E-state index is 0.138. The fraction of sp³-hybridized carbons (Fsp3) is 0.471. The van der Waals surface area contributed by atoms with Crippen LogP contribution in [0.3, 0.4) is 0 Å². The van der Waals surface area contributed by atoms with Crippen LogP contribution in [0, 0.1) is 6.92 Å². The second-order valence-electron chi connectivity index (χ2n) is 6.07. The van der Waals surface area contributed by atoms with Crippen LogP contribution in [0.2, 0.25) is 0 Å². The normalized spacial score (nSPS) is 23.3. The lowest BCUT2D eigenvalue weighted by Gasteiger charge is -2.26. The van der Waals surface area contributed by atoms with Crippen LogP contribution in [-0.2, 0) is 0 Å². The molecule has 0 saturated heterocycles. The third-order valence-corrected chi connectivity index (χ3v) is 4.50. The minimum absolute atomic E-state index is 0.138. The first kappa shape index (κ1) is 14.1. The summed E-state index contributed by atoms with van der Waals surface area (Å²) in [7, 11) is 0. The zero-order chi connectivity index (χ0) is 14.8. The molecule has 3 rings (SSSR count). The van der Waals surface area contributed by atoms with E-state index in [4.69, 9.17) is 0 Å². The molecule has 1 heterocycles. The second kappa shape index (κ2) is 5.90. The Morgan fingerprint density at radius 2 is 2.24 bits per heavy atom. The van der Waals surface area contributed by atoms with E-state index >= 15 is 0 Å². The molecule has 1 aliphatic rings. The number of rotatable bonds is 4. The van der Waals surface area contributed by atoms with E-state index in [0.717, 1.165) is 5.56 Å². The SMILES string of the molecule is Cc1ccc(O)c(C(C)NC2CCCC2n2ccnc2)c1. The lowest BCUT2D eigenvalue weighted by atomic mass is 10.0. The summed E-state index contributed by atoms with van der Waals surface area (Å²) in [6.07, 6.45) is 9.36.